The van der Waals surface area contributed by atoms with Crippen molar-refractivity contribution in [3.05, 3.63) is 59.2 Å². The third kappa shape index (κ3) is 3.98. The second kappa shape index (κ2) is 8.75. The summed E-state index contributed by atoms with van der Waals surface area (Å²) in [6, 6.07) is 13.0. The monoisotopic (exact) mass is 410 g/mol. The zero-order chi connectivity index (χ0) is 21.1. The van der Waals surface area contributed by atoms with Crippen LogP contribution in [0.3, 0.4) is 0 Å². The van der Waals surface area contributed by atoms with Gasteiger partial charge in [0.2, 0.25) is 11.8 Å². The molecule has 0 radical (unpaired) electrons. The van der Waals surface area contributed by atoms with Crippen molar-refractivity contribution in [3.63, 3.8) is 0 Å². The first-order valence-corrected chi connectivity index (χ1v) is 10.0. The Morgan fingerprint density at radius 1 is 1.13 bits per heavy atom. The number of fused-ring (bicyclic) bond motifs is 1. The highest BCUT2D eigenvalue weighted by Gasteiger charge is 2.37. The zero-order valence-electron chi connectivity index (χ0n) is 17.3. The molecular weight excluding hydrogens is 384 g/mol. The second-order valence-electron chi connectivity index (χ2n) is 7.51. The third-order valence-corrected chi connectivity index (χ3v) is 5.76. The Labute approximate surface area is 176 Å². The third-order valence-electron chi connectivity index (χ3n) is 5.76. The Morgan fingerprint density at radius 3 is 2.70 bits per heavy atom. The van der Waals surface area contributed by atoms with Crippen LogP contribution in [0.2, 0.25) is 0 Å². The van der Waals surface area contributed by atoms with Gasteiger partial charge in [-0.15, -0.1) is 0 Å². The number of benzene rings is 2. The minimum atomic E-state index is -0.650. The molecule has 30 heavy (non-hydrogen) atoms. The fourth-order valence-corrected chi connectivity index (χ4v) is 4.07. The van der Waals surface area contributed by atoms with E-state index in [2.05, 4.69) is 12.1 Å². The number of rotatable bonds is 5. The van der Waals surface area contributed by atoms with E-state index in [-0.39, 0.29) is 31.6 Å². The van der Waals surface area contributed by atoms with Gasteiger partial charge in [0, 0.05) is 24.7 Å². The lowest BCUT2D eigenvalue weighted by molar-refractivity contribution is -0.160. The summed E-state index contributed by atoms with van der Waals surface area (Å²) in [5.41, 5.74) is 3.25. The molecule has 7 nitrogen and oxygen atoms in total. The molecule has 0 aliphatic carbocycles. The maximum absolute atomic E-state index is 13.4. The summed E-state index contributed by atoms with van der Waals surface area (Å²) in [6.45, 7) is 1.64. The highest BCUT2D eigenvalue weighted by Crippen LogP contribution is 2.28. The first-order valence-electron chi connectivity index (χ1n) is 10.0. The summed E-state index contributed by atoms with van der Waals surface area (Å²) < 4.78 is 16.2. The van der Waals surface area contributed by atoms with Crippen LogP contribution in [0.25, 0.3) is 0 Å². The molecule has 2 heterocycles. The zero-order valence-corrected chi connectivity index (χ0v) is 17.3. The fraction of sp³-hybridized carbons (Fsp3) is 0.391. The predicted octanol–water partition coefficient (Wildman–Crippen LogP) is 2.02. The van der Waals surface area contributed by atoms with Crippen LogP contribution >= 0.6 is 0 Å². The Balaban J connectivity index is 1.55. The van der Waals surface area contributed by atoms with E-state index in [1.165, 1.54) is 5.56 Å². The Bertz CT molecular complexity index is 945. The van der Waals surface area contributed by atoms with Crippen LogP contribution in [-0.4, -0.2) is 61.6 Å². The highest BCUT2D eigenvalue weighted by molar-refractivity contribution is 5.89. The van der Waals surface area contributed by atoms with Crippen LogP contribution in [0.5, 0.6) is 11.5 Å². The Morgan fingerprint density at radius 2 is 1.93 bits per heavy atom. The number of hydrogen-bond acceptors (Lipinski definition) is 5. The molecule has 1 saturated heterocycles. The second-order valence-corrected chi connectivity index (χ2v) is 7.51. The molecule has 2 aliphatic rings. The van der Waals surface area contributed by atoms with Gasteiger partial charge in [-0.25, -0.2) is 0 Å². The van der Waals surface area contributed by atoms with Gasteiger partial charge in [-0.05, 0) is 29.7 Å². The van der Waals surface area contributed by atoms with Crippen molar-refractivity contribution in [2.75, 3.05) is 34.0 Å². The molecule has 0 bridgehead atoms. The van der Waals surface area contributed by atoms with E-state index in [1.54, 1.807) is 25.2 Å². The smallest absolute Gasteiger partial charge is 0.249 e. The van der Waals surface area contributed by atoms with Crippen molar-refractivity contribution in [2.24, 2.45) is 0 Å². The van der Waals surface area contributed by atoms with Gasteiger partial charge in [0.1, 0.15) is 24.1 Å². The van der Waals surface area contributed by atoms with Gasteiger partial charge in [0.15, 0.2) is 0 Å². The highest BCUT2D eigenvalue weighted by atomic mass is 16.5. The van der Waals surface area contributed by atoms with E-state index >= 15 is 0 Å². The van der Waals surface area contributed by atoms with Crippen molar-refractivity contribution in [1.29, 1.82) is 0 Å². The molecular formula is C23H26N2O5. The quantitative estimate of drug-likeness (QED) is 0.754. The van der Waals surface area contributed by atoms with E-state index < -0.39 is 6.04 Å². The molecule has 2 aromatic rings. The number of ether oxygens (including phenoxy) is 3. The van der Waals surface area contributed by atoms with Crippen molar-refractivity contribution in [1.82, 2.24) is 9.80 Å². The Hall–Kier alpha value is -3.06. The van der Waals surface area contributed by atoms with E-state index in [0.29, 0.717) is 24.6 Å². The van der Waals surface area contributed by atoms with E-state index in [4.69, 9.17) is 14.2 Å². The van der Waals surface area contributed by atoms with Gasteiger partial charge in [-0.1, -0.05) is 24.3 Å². The van der Waals surface area contributed by atoms with Crippen molar-refractivity contribution in [2.45, 2.75) is 25.6 Å². The average Bonchev–Trinajstić information content (AvgIpc) is 2.79. The first kappa shape index (κ1) is 20.2. The van der Waals surface area contributed by atoms with Gasteiger partial charge >= 0.3 is 0 Å². The van der Waals surface area contributed by atoms with Crippen LogP contribution in [0.4, 0.5) is 0 Å². The van der Waals surface area contributed by atoms with Gasteiger partial charge in [0.25, 0.3) is 0 Å². The number of amides is 2. The summed E-state index contributed by atoms with van der Waals surface area (Å²) in [5, 5.41) is 0. The topological polar surface area (TPSA) is 68.3 Å². The number of nitrogens with zero attached hydrogens (tertiary/aromatic N) is 2. The largest absolute Gasteiger partial charge is 0.497 e. The molecule has 0 N–H and O–H groups in total. The van der Waals surface area contributed by atoms with Crippen LogP contribution in [0, 0.1) is 0 Å². The molecule has 2 aromatic carbocycles. The van der Waals surface area contributed by atoms with Crippen LogP contribution in [-0.2, 0) is 33.8 Å². The average molecular weight is 410 g/mol. The molecule has 1 fully saturated rings. The lowest BCUT2D eigenvalue weighted by Crippen LogP contribution is -2.57. The van der Waals surface area contributed by atoms with Gasteiger partial charge < -0.3 is 24.0 Å². The minimum absolute atomic E-state index is 0.0227. The predicted molar refractivity (Wildman–Crippen MR) is 110 cm³/mol. The molecule has 2 aliphatic heterocycles. The first-order chi connectivity index (χ1) is 14.6. The van der Waals surface area contributed by atoms with Crippen molar-refractivity contribution < 1.29 is 23.8 Å². The summed E-state index contributed by atoms with van der Waals surface area (Å²) in [7, 11) is 3.17. The summed E-state index contributed by atoms with van der Waals surface area (Å²) in [6.07, 6.45) is 0.815. The number of hydrogen-bond donors (Lipinski definition) is 0. The lowest BCUT2D eigenvalue weighted by Gasteiger charge is -2.39. The molecule has 0 unspecified atom stereocenters. The summed E-state index contributed by atoms with van der Waals surface area (Å²) in [5.74, 6) is 1.01. The Kier molecular flexibility index (Phi) is 5.90. The molecule has 0 aromatic heterocycles. The van der Waals surface area contributed by atoms with Crippen molar-refractivity contribution in [3.8, 4) is 11.5 Å². The van der Waals surface area contributed by atoms with Gasteiger partial charge in [-0.2, -0.15) is 0 Å². The lowest BCUT2D eigenvalue weighted by atomic mass is 9.99. The fourth-order valence-electron chi connectivity index (χ4n) is 4.07. The number of carbonyl (C=O) groups excluding carboxylic acids is 2. The van der Waals surface area contributed by atoms with Crippen LogP contribution in [0.1, 0.15) is 16.7 Å². The standard InChI is InChI=1S/C23H26N2O5/c1-28-19-8-7-18(21(11-19)29-2)13-25-20(14-30-15-22(25)26)23(27)24-10-9-16-5-3-4-6-17(16)12-24/h3-8,11,20H,9-10,12-15H2,1-2H3/t20-/m0/s1. The van der Waals surface area contributed by atoms with E-state index in [9.17, 15) is 9.59 Å². The molecule has 158 valence electrons. The molecule has 7 heteroatoms. The van der Waals surface area contributed by atoms with E-state index in [1.807, 2.05) is 29.2 Å². The minimum Gasteiger partial charge on any atom is -0.497 e. The molecule has 0 saturated carbocycles. The molecule has 1 atom stereocenters. The molecule has 4 rings (SSSR count). The maximum Gasteiger partial charge on any atom is 0.249 e. The van der Waals surface area contributed by atoms with Crippen molar-refractivity contribution >= 4 is 11.8 Å². The van der Waals surface area contributed by atoms with Crippen LogP contribution in [0.15, 0.2) is 42.5 Å². The number of methoxy groups -OCH3 is 2. The molecule has 2 amide bonds. The van der Waals surface area contributed by atoms with E-state index in [0.717, 1.165) is 17.5 Å². The van der Waals surface area contributed by atoms with Gasteiger partial charge in [-0.3, -0.25) is 9.59 Å². The van der Waals surface area contributed by atoms with Gasteiger partial charge in [0.05, 0.1) is 27.4 Å². The SMILES string of the molecule is COc1ccc(CN2C(=O)COC[C@H]2C(=O)N2CCc3ccccc3C2)c(OC)c1. The molecule has 0 spiro atoms. The van der Waals surface area contributed by atoms with Crippen LogP contribution < -0.4 is 9.47 Å². The summed E-state index contributed by atoms with van der Waals surface area (Å²) in [4.78, 5) is 29.5. The summed E-state index contributed by atoms with van der Waals surface area (Å²) >= 11 is 0. The number of carbonyl (C=O) groups is 2. The normalized spacial score (nSPS) is 18.7. The maximum atomic E-state index is 13.4. The number of morpholine rings is 1.